The van der Waals surface area contributed by atoms with Gasteiger partial charge in [0.25, 0.3) is 0 Å². The molecule has 0 unspecified atom stereocenters. The summed E-state index contributed by atoms with van der Waals surface area (Å²) < 4.78 is 5.23. The topological polar surface area (TPSA) is 128 Å². The quantitative estimate of drug-likeness (QED) is 0.446. The smallest absolute Gasteiger partial charge is 0.326 e. The Morgan fingerprint density at radius 1 is 1.20 bits per heavy atom. The van der Waals surface area contributed by atoms with Crippen LogP contribution in [0.3, 0.4) is 0 Å². The number of hydrogen-bond donors (Lipinski definition) is 3. The highest BCUT2D eigenvalue weighted by Gasteiger charge is 2.50. The molecule has 1 aromatic carbocycles. The van der Waals surface area contributed by atoms with E-state index in [9.17, 15) is 24.3 Å². The Morgan fingerprint density at radius 3 is 2.54 bits per heavy atom. The Morgan fingerprint density at radius 2 is 1.91 bits per heavy atom. The second kappa shape index (κ2) is 12.0. The molecule has 2 saturated heterocycles. The molecule has 35 heavy (non-hydrogen) atoms. The number of aryl methyl sites for hydroxylation is 1. The summed E-state index contributed by atoms with van der Waals surface area (Å²) in [5.41, 5.74) is 1.06. The lowest BCUT2D eigenvalue weighted by molar-refractivity contribution is -0.152. The van der Waals surface area contributed by atoms with Gasteiger partial charge in [0.05, 0.1) is 18.7 Å². The van der Waals surface area contributed by atoms with E-state index >= 15 is 0 Å². The molecule has 10 nitrogen and oxygen atoms in total. The number of benzene rings is 1. The van der Waals surface area contributed by atoms with E-state index in [1.54, 1.807) is 25.8 Å². The standard InChI is InChI=1S/C25H36N4O6/c1-4-35-24(33)19(11-10-17-8-6-5-7-9-17)27-16(2)22(30)29-20(23(31)32)14-18-12-13-28(15-21(18)29)25(34)26-3/h5-9,16,18-21,27H,4,10-15H2,1-3H3,(H,26,34)(H,31,32)/t16-,18-,19+,20+,21+/m1/s1. The molecule has 3 rings (SSSR count). The molecule has 0 aliphatic carbocycles. The number of likely N-dealkylation sites (tertiary alicyclic amines) is 2. The fourth-order valence-electron chi connectivity index (χ4n) is 5.15. The van der Waals surface area contributed by atoms with Crippen LogP contribution in [-0.2, 0) is 25.5 Å². The second-order valence-corrected chi connectivity index (χ2v) is 9.17. The fourth-order valence-corrected chi connectivity index (χ4v) is 5.15. The Labute approximate surface area is 206 Å². The number of carbonyl (C=O) groups excluding carboxylic acids is 3. The lowest BCUT2D eigenvalue weighted by Crippen LogP contribution is -2.59. The van der Waals surface area contributed by atoms with Crippen molar-refractivity contribution in [1.29, 1.82) is 0 Å². The van der Waals surface area contributed by atoms with Crippen LogP contribution < -0.4 is 10.6 Å². The van der Waals surface area contributed by atoms with Gasteiger partial charge >= 0.3 is 18.0 Å². The highest BCUT2D eigenvalue weighted by atomic mass is 16.5. The van der Waals surface area contributed by atoms with Gasteiger partial charge in [0, 0.05) is 20.1 Å². The van der Waals surface area contributed by atoms with E-state index in [2.05, 4.69) is 10.6 Å². The van der Waals surface area contributed by atoms with Gasteiger partial charge in [-0.15, -0.1) is 0 Å². The van der Waals surface area contributed by atoms with Crippen LogP contribution in [0.1, 0.15) is 38.7 Å². The van der Waals surface area contributed by atoms with Crippen LogP contribution in [-0.4, -0.2) is 89.7 Å². The number of carbonyl (C=O) groups is 4. The van der Waals surface area contributed by atoms with Gasteiger partial charge in [-0.25, -0.2) is 9.59 Å². The van der Waals surface area contributed by atoms with E-state index in [1.165, 1.54) is 4.90 Å². The number of urea groups is 1. The number of nitrogens with zero attached hydrogens (tertiary/aromatic N) is 2. The van der Waals surface area contributed by atoms with Gasteiger partial charge in [-0.1, -0.05) is 30.3 Å². The van der Waals surface area contributed by atoms with Crippen molar-refractivity contribution in [2.24, 2.45) is 5.92 Å². The van der Waals surface area contributed by atoms with Crippen LogP contribution in [0.4, 0.5) is 4.79 Å². The molecule has 10 heteroatoms. The second-order valence-electron chi connectivity index (χ2n) is 9.17. The molecule has 2 heterocycles. The molecule has 3 amide bonds. The zero-order valence-corrected chi connectivity index (χ0v) is 20.6. The maximum Gasteiger partial charge on any atom is 0.326 e. The van der Waals surface area contributed by atoms with Gasteiger partial charge < -0.3 is 25.0 Å². The van der Waals surface area contributed by atoms with E-state index < -0.39 is 36.0 Å². The number of aliphatic carboxylic acids is 1. The lowest BCUT2D eigenvalue weighted by Gasteiger charge is -2.39. The first-order valence-electron chi connectivity index (χ1n) is 12.2. The summed E-state index contributed by atoms with van der Waals surface area (Å²) in [7, 11) is 1.54. The van der Waals surface area contributed by atoms with E-state index in [0.29, 0.717) is 32.2 Å². The normalized spacial score (nSPS) is 23.2. The van der Waals surface area contributed by atoms with Crippen LogP contribution in [0.15, 0.2) is 30.3 Å². The third-order valence-electron chi connectivity index (χ3n) is 6.94. The fraction of sp³-hybridized carbons (Fsp3) is 0.600. The Balaban J connectivity index is 1.74. The number of carboxylic acid groups (broad SMARTS) is 1. The minimum atomic E-state index is -1.06. The molecule has 2 aliphatic heterocycles. The highest BCUT2D eigenvalue weighted by Crippen LogP contribution is 2.36. The van der Waals surface area contributed by atoms with Crippen molar-refractivity contribution in [1.82, 2.24) is 20.4 Å². The minimum Gasteiger partial charge on any atom is -0.480 e. The van der Waals surface area contributed by atoms with E-state index in [-0.39, 0.29) is 31.1 Å². The van der Waals surface area contributed by atoms with Gasteiger partial charge in [-0.2, -0.15) is 0 Å². The number of ether oxygens (including phenoxy) is 1. The van der Waals surface area contributed by atoms with E-state index in [1.807, 2.05) is 30.3 Å². The maximum absolute atomic E-state index is 13.6. The van der Waals surface area contributed by atoms with E-state index in [4.69, 9.17) is 4.74 Å². The molecule has 1 aromatic rings. The van der Waals surface area contributed by atoms with Crippen LogP contribution in [0.5, 0.6) is 0 Å². The van der Waals surface area contributed by atoms with Gasteiger partial charge in [0.1, 0.15) is 12.1 Å². The van der Waals surface area contributed by atoms with Crippen molar-refractivity contribution in [3.63, 3.8) is 0 Å². The average molecular weight is 489 g/mol. The summed E-state index contributed by atoms with van der Waals surface area (Å²) in [4.78, 5) is 53.5. The molecule has 0 spiro atoms. The number of nitrogens with one attached hydrogen (secondary N) is 2. The van der Waals surface area contributed by atoms with Crippen molar-refractivity contribution in [2.75, 3.05) is 26.7 Å². The van der Waals surface area contributed by atoms with Gasteiger partial charge in [0.2, 0.25) is 5.91 Å². The number of amides is 3. The first-order valence-corrected chi connectivity index (χ1v) is 12.2. The molecule has 0 radical (unpaired) electrons. The summed E-state index contributed by atoms with van der Waals surface area (Å²) in [5.74, 6) is -1.89. The zero-order chi connectivity index (χ0) is 25.5. The minimum absolute atomic E-state index is 0.00657. The third kappa shape index (κ3) is 6.30. The summed E-state index contributed by atoms with van der Waals surface area (Å²) in [6.45, 7) is 4.39. The molecule has 5 atom stereocenters. The Kier molecular flexibility index (Phi) is 9.08. The predicted octanol–water partition coefficient (Wildman–Crippen LogP) is 1.24. The number of rotatable bonds is 9. The average Bonchev–Trinajstić information content (AvgIpc) is 3.25. The number of esters is 1. The predicted molar refractivity (Wildman–Crippen MR) is 129 cm³/mol. The van der Waals surface area contributed by atoms with Gasteiger partial charge in [-0.3, -0.25) is 14.9 Å². The molecular formula is C25H36N4O6. The molecule has 0 saturated carbocycles. The van der Waals surface area contributed by atoms with Crippen molar-refractivity contribution in [3.8, 4) is 0 Å². The van der Waals surface area contributed by atoms with Crippen LogP contribution in [0.2, 0.25) is 0 Å². The number of carboxylic acids is 1. The van der Waals surface area contributed by atoms with Crippen molar-refractivity contribution < 1.29 is 29.0 Å². The van der Waals surface area contributed by atoms with Crippen LogP contribution >= 0.6 is 0 Å². The Hall–Kier alpha value is -3.14. The van der Waals surface area contributed by atoms with Gasteiger partial charge in [-0.05, 0) is 51.0 Å². The van der Waals surface area contributed by atoms with Crippen molar-refractivity contribution in [3.05, 3.63) is 35.9 Å². The SMILES string of the molecule is CCOC(=O)[C@H](CCc1ccccc1)N[C@H](C)C(=O)N1[C@H](C(=O)O)C[C@H]2CCN(C(=O)NC)C[C@@H]21. The number of piperidine rings is 1. The zero-order valence-electron chi connectivity index (χ0n) is 20.6. The third-order valence-corrected chi connectivity index (χ3v) is 6.94. The molecule has 192 valence electrons. The monoisotopic (exact) mass is 488 g/mol. The maximum atomic E-state index is 13.6. The molecule has 2 fully saturated rings. The highest BCUT2D eigenvalue weighted by molar-refractivity contribution is 5.88. The number of hydrogen-bond acceptors (Lipinski definition) is 6. The Bertz CT molecular complexity index is 910. The molecular weight excluding hydrogens is 452 g/mol. The lowest BCUT2D eigenvalue weighted by atomic mass is 9.91. The summed E-state index contributed by atoms with van der Waals surface area (Å²) in [6.07, 6.45) is 2.04. The number of fused-ring (bicyclic) bond motifs is 1. The summed E-state index contributed by atoms with van der Waals surface area (Å²) >= 11 is 0. The largest absolute Gasteiger partial charge is 0.480 e. The molecule has 0 bridgehead atoms. The van der Waals surface area contributed by atoms with Crippen molar-refractivity contribution in [2.45, 2.75) is 63.7 Å². The van der Waals surface area contributed by atoms with Crippen LogP contribution in [0, 0.1) is 5.92 Å². The van der Waals surface area contributed by atoms with E-state index in [0.717, 1.165) is 5.56 Å². The molecule has 0 aromatic heterocycles. The first-order chi connectivity index (χ1) is 16.8. The molecule has 3 N–H and O–H groups in total. The van der Waals surface area contributed by atoms with Gasteiger partial charge in [0.15, 0.2) is 0 Å². The molecule has 2 aliphatic rings. The first kappa shape index (κ1) is 26.5. The summed E-state index contributed by atoms with van der Waals surface area (Å²) in [5, 5.41) is 15.5. The summed E-state index contributed by atoms with van der Waals surface area (Å²) in [6, 6.07) is 6.60. The van der Waals surface area contributed by atoms with Crippen LogP contribution in [0.25, 0.3) is 0 Å². The van der Waals surface area contributed by atoms with Crippen molar-refractivity contribution >= 4 is 23.9 Å².